The molecule has 0 unspecified atom stereocenters. The van der Waals surface area contributed by atoms with Gasteiger partial charge in [-0.3, -0.25) is 13.9 Å². The standard InChI is InChI=1S/C30H35Cl2N3O4S/c1-20(2)17-33-30(37)23(5)34(18-24-8-6-7-9-28(24)32)29(36)19-35(26-13-10-21(3)22(4)16-26)40(38,39)27-14-11-25(31)12-15-27/h6-16,20,23H,17-19H2,1-5H3,(H,33,37)/t23-/m0/s1. The van der Waals surface area contributed by atoms with Gasteiger partial charge in [-0.2, -0.15) is 0 Å². The molecule has 40 heavy (non-hydrogen) atoms. The molecule has 0 saturated carbocycles. The van der Waals surface area contributed by atoms with E-state index in [0.29, 0.717) is 27.8 Å². The number of anilines is 1. The SMILES string of the molecule is Cc1ccc(N(CC(=O)N(Cc2ccccc2Cl)[C@@H](C)C(=O)NCC(C)C)S(=O)(=O)c2ccc(Cl)cc2)cc1C. The van der Waals surface area contributed by atoms with Crippen molar-refractivity contribution in [2.24, 2.45) is 5.92 Å². The Balaban J connectivity index is 2.05. The van der Waals surface area contributed by atoms with E-state index < -0.39 is 28.5 Å². The van der Waals surface area contributed by atoms with Crippen LogP contribution in [0.15, 0.2) is 71.6 Å². The van der Waals surface area contributed by atoms with Crippen molar-refractivity contribution in [3.8, 4) is 0 Å². The minimum absolute atomic E-state index is 0.0108. The maximum atomic E-state index is 14.0. The first-order valence-electron chi connectivity index (χ1n) is 13.0. The topological polar surface area (TPSA) is 86.8 Å². The summed E-state index contributed by atoms with van der Waals surface area (Å²) >= 11 is 12.4. The van der Waals surface area contributed by atoms with E-state index in [2.05, 4.69) is 5.32 Å². The number of sulfonamides is 1. The molecular weight excluding hydrogens is 569 g/mol. The molecule has 3 rings (SSSR count). The highest BCUT2D eigenvalue weighted by Gasteiger charge is 2.33. The lowest BCUT2D eigenvalue weighted by atomic mass is 10.1. The summed E-state index contributed by atoms with van der Waals surface area (Å²) in [5.74, 6) is -0.677. The summed E-state index contributed by atoms with van der Waals surface area (Å²) in [5, 5.41) is 3.70. The summed E-state index contributed by atoms with van der Waals surface area (Å²) in [5.41, 5.74) is 2.82. The number of halogens is 2. The normalized spacial score (nSPS) is 12.2. The summed E-state index contributed by atoms with van der Waals surface area (Å²) in [4.78, 5) is 28.4. The van der Waals surface area contributed by atoms with Gasteiger partial charge in [-0.25, -0.2) is 8.42 Å². The van der Waals surface area contributed by atoms with Gasteiger partial charge in [-0.1, -0.05) is 61.3 Å². The van der Waals surface area contributed by atoms with Crippen LogP contribution in [0.4, 0.5) is 5.69 Å². The minimum Gasteiger partial charge on any atom is -0.354 e. The zero-order valence-electron chi connectivity index (χ0n) is 23.3. The number of nitrogens with zero attached hydrogens (tertiary/aromatic N) is 2. The van der Waals surface area contributed by atoms with Crippen LogP contribution in [0.5, 0.6) is 0 Å². The number of amides is 2. The van der Waals surface area contributed by atoms with Crippen molar-refractivity contribution in [1.29, 1.82) is 0 Å². The van der Waals surface area contributed by atoms with Crippen LogP contribution in [0.25, 0.3) is 0 Å². The quantitative estimate of drug-likeness (QED) is 0.291. The Labute approximate surface area is 247 Å². The highest BCUT2D eigenvalue weighted by Crippen LogP contribution is 2.27. The van der Waals surface area contributed by atoms with Gasteiger partial charge in [-0.15, -0.1) is 0 Å². The molecule has 0 aliphatic rings. The number of hydrogen-bond donors (Lipinski definition) is 1. The van der Waals surface area contributed by atoms with Crippen molar-refractivity contribution in [2.45, 2.75) is 52.1 Å². The molecule has 214 valence electrons. The van der Waals surface area contributed by atoms with Crippen molar-refractivity contribution >= 4 is 50.7 Å². The van der Waals surface area contributed by atoms with Crippen LogP contribution >= 0.6 is 23.2 Å². The maximum absolute atomic E-state index is 14.0. The predicted octanol–water partition coefficient (Wildman–Crippen LogP) is 6.00. The number of hydrogen-bond acceptors (Lipinski definition) is 4. The Hall–Kier alpha value is -3.07. The average Bonchev–Trinajstić information content (AvgIpc) is 2.91. The Morgan fingerprint density at radius 1 is 0.900 bits per heavy atom. The molecule has 1 atom stereocenters. The fourth-order valence-electron chi connectivity index (χ4n) is 3.99. The van der Waals surface area contributed by atoms with Gasteiger partial charge in [0, 0.05) is 23.1 Å². The molecule has 1 N–H and O–H groups in total. The third-order valence-corrected chi connectivity index (χ3v) is 9.02. The van der Waals surface area contributed by atoms with Gasteiger partial charge in [0.1, 0.15) is 12.6 Å². The van der Waals surface area contributed by atoms with Crippen LogP contribution in [-0.4, -0.2) is 44.3 Å². The highest BCUT2D eigenvalue weighted by atomic mass is 35.5. The number of aryl methyl sites for hydroxylation is 2. The van der Waals surface area contributed by atoms with Crippen LogP contribution in [0.1, 0.15) is 37.5 Å². The molecule has 0 fully saturated rings. The minimum atomic E-state index is -4.18. The van der Waals surface area contributed by atoms with Crippen molar-refractivity contribution in [3.05, 3.63) is 93.5 Å². The molecule has 0 heterocycles. The fourth-order valence-corrected chi connectivity index (χ4v) is 5.72. The first kappa shape index (κ1) is 31.5. The molecule has 7 nitrogen and oxygen atoms in total. The van der Waals surface area contributed by atoms with Crippen LogP contribution in [-0.2, 0) is 26.2 Å². The third kappa shape index (κ3) is 7.77. The Morgan fingerprint density at radius 3 is 2.15 bits per heavy atom. The van der Waals surface area contributed by atoms with Crippen molar-refractivity contribution in [2.75, 3.05) is 17.4 Å². The molecule has 10 heteroatoms. The first-order chi connectivity index (χ1) is 18.8. The zero-order valence-corrected chi connectivity index (χ0v) is 25.6. The van der Waals surface area contributed by atoms with Crippen LogP contribution in [0.2, 0.25) is 10.0 Å². The average molecular weight is 605 g/mol. The summed E-state index contributed by atoms with van der Waals surface area (Å²) in [6.07, 6.45) is 0. The van der Waals surface area contributed by atoms with E-state index in [0.717, 1.165) is 15.4 Å². The van der Waals surface area contributed by atoms with Crippen LogP contribution < -0.4 is 9.62 Å². The first-order valence-corrected chi connectivity index (χ1v) is 15.2. The number of rotatable bonds is 11. The van der Waals surface area contributed by atoms with Gasteiger partial charge >= 0.3 is 0 Å². The molecule has 2 amide bonds. The molecule has 0 radical (unpaired) electrons. The van der Waals surface area contributed by atoms with E-state index in [9.17, 15) is 18.0 Å². The summed E-state index contributed by atoms with van der Waals surface area (Å²) in [6, 6.07) is 17.1. The Morgan fingerprint density at radius 2 is 1.55 bits per heavy atom. The Kier molecular flexibility index (Phi) is 10.6. The number of nitrogens with one attached hydrogen (secondary N) is 1. The van der Waals surface area contributed by atoms with Crippen molar-refractivity contribution < 1.29 is 18.0 Å². The zero-order chi connectivity index (χ0) is 29.6. The van der Waals surface area contributed by atoms with Gasteiger partial charge in [0.2, 0.25) is 11.8 Å². The highest BCUT2D eigenvalue weighted by molar-refractivity contribution is 7.92. The molecule has 0 bridgehead atoms. The van der Waals surface area contributed by atoms with Gasteiger partial charge in [0.05, 0.1) is 10.6 Å². The second-order valence-corrected chi connectivity index (χ2v) is 12.9. The van der Waals surface area contributed by atoms with E-state index in [-0.39, 0.29) is 23.3 Å². The van der Waals surface area contributed by atoms with Crippen molar-refractivity contribution in [3.63, 3.8) is 0 Å². The predicted molar refractivity (Wildman–Crippen MR) is 161 cm³/mol. The van der Waals surface area contributed by atoms with E-state index in [1.807, 2.05) is 33.8 Å². The summed E-state index contributed by atoms with van der Waals surface area (Å²) < 4.78 is 28.9. The van der Waals surface area contributed by atoms with Gasteiger partial charge < -0.3 is 10.2 Å². The van der Waals surface area contributed by atoms with E-state index in [1.54, 1.807) is 43.3 Å². The summed E-state index contributed by atoms with van der Waals surface area (Å²) in [7, 11) is -4.18. The van der Waals surface area contributed by atoms with Crippen molar-refractivity contribution in [1.82, 2.24) is 10.2 Å². The van der Waals surface area contributed by atoms with Gasteiger partial charge in [0.25, 0.3) is 10.0 Å². The largest absolute Gasteiger partial charge is 0.354 e. The fraction of sp³-hybridized carbons (Fsp3) is 0.333. The second-order valence-electron chi connectivity index (χ2n) is 10.2. The van der Waals surface area contributed by atoms with E-state index in [1.165, 1.54) is 29.2 Å². The smallest absolute Gasteiger partial charge is 0.264 e. The van der Waals surface area contributed by atoms with Gasteiger partial charge in [0.15, 0.2) is 0 Å². The third-order valence-electron chi connectivity index (χ3n) is 6.61. The number of benzene rings is 3. The van der Waals surface area contributed by atoms with Crippen LogP contribution in [0.3, 0.4) is 0 Å². The molecule has 0 saturated heterocycles. The van der Waals surface area contributed by atoms with E-state index in [4.69, 9.17) is 23.2 Å². The van der Waals surface area contributed by atoms with Gasteiger partial charge in [-0.05, 0) is 85.8 Å². The lowest BCUT2D eigenvalue weighted by Crippen LogP contribution is -2.51. The molecule has 0 aliphatic carbocycles. The molecule has 0 aromatic heterocycles. The summed E-state index contributed by atoms with van der Waals surface area (Å²) in [6.45, 7) is 9.30. The second kappa shape index (κ2) is 13.5. The van der Waals surface area contributed by atoms with E-state index >= 15 is 0 Å². The molecule has 3 aromatic carbocycles. The molecule has 0 spiro atoms. The lowest BCUT2D eigenvalue weighted by molar-refractivity contribution is -0.139. The monoisotopic (exact) mass is 603 g/mol. The Bertz CT molecular complexity index is 1460. The molecular formula is C30H35Cl2N3O4S. The molecule has 0 aliphatic heterocycles. The van der Waals surface area contributed by atoms with Crippen LogP contribution in [0, 0.1) is 19.8 Å². The molecule has 3 aromatic rings. The lowest BCUT2D eigenvalue weighted by Gasteiger charge is -2.32. The maximum Gasteiger partial charge on any atom is 0.264 e. The number of carbonyl (C=O) groups excluding carboxylic acids is 2. The number of carbonyl (C=O) groups is 2.